The predicted molar refractivity (Wildman–Crippen MR) is 78.3 cm³/mol. The van der Waals surface area contributed by atoms with Crippen molar-refractivity contribution in [1.29, 1.82) is 0 Å². The topological polar surface area (TPSA) is 90.4 Å². The maximum absolute atomic E-state index is 11.7. The van der Waals surface area contributed by atoms with Gasteiger partial charge in [-0.05, 0) is 24.3 Å². The summed E-state index contributed by atoms with van der Waals surface area (Å²) in [5.41, 5.74) is 9.27. The van der Waals surface area contributed by atoms with Crippen molar-refractivity contribution in [2.75, 3.05) is 5.73 Å². The van der Waals surface area contributed by atoms with Crippen molar-refractivity contribution in [2.24, 2.45) is 5.84 Å². The Morgan fingerprint density at radius 2 is 2.00 bits per heavy atom. The lowest BCUT2D eigenvalue weighted by molar-refractivity contribution is 0.0949. The molecule has 0 radical (unpaired) electrons. The summed E-state index contributed by atoms with van der Waals surface area (Å²) in [5, 5.41) is 0.604. The maximum atomic E-state index is 11.7. The quantitative estimate of drug-likeness (QED) is 0.348. The molecule has 0 saturated heterocycles. The average molecular weight is 292 g/mol. The Kier molecular flexibility index (Phi) is 4.45. The van der Waals surface area contributed by atoms with E-state index in [1.165, 1.54) is 6.07 Å². The number of ether oxygens (including phenoxy) is 1. The lowest BCUT2D eigenvalue weighted by Gasteiger charge is -2.12. The number of benzene rings is 2. The standard InChI is InChI=1S/C14H14ClN3O2/c15-12-4-2-1-3-9(12)8-20-13-6-5-10(16)7-11(13)14(19)18-17/h1-7H,8,16-17H2,(H,18,19). The molecule has 0 unspecified atom stereocenters. The minimum atomic E-state index is -0.466. The van der Waals surface area contributed by atoms with E-state index >= 15 is 0 Å². The second-order valence-corrected chi connectivity index (χ2v) is 4.52. The zero-order chi connectivity index (χ0) is 14.5. The first-order valence-electron chi connectivity index (χ1n) is 5.88. The van der Waals surface area contributed by atoms with Gasteiger partial charge in [0.2, 0.25) is 0 Å². The molecule has 104 valence electrons. The number of carbonyl (C=O) groups is 1. The zero-order valence-electron chi connectivity index (χ0n) is 10.6. The molecule has 20 heavy (non-hydrogen) atoms. The van der Waals surface area contributed by atoms with Gasteiger partial charge in [-0.1, -0.05) is 29.8 Å². The Balaban J connectivity index is 2.21. The number of nitrogen functional groups attached to an aromatic ring is 2. The van der Waals surface area contributed by atoms with E-state index in [1.54, 1.807) is 18.2 Å². The van der Waals surface area contributed by atoms with Crippen LogP contribution in [0, 0.1) is 0 Å². The number of amides is 1. The van der Waals surface area contributed by atoms with Crippen molar-refractivity contribution in [3.8, 4) is 5.75 Å². The van der Waals surface area contributed by atoms with Gasteiger partial charge in [0.05, 0.1) is 5.56 Å². The molecule has 5 N–H and O–H groups in total. The molecule has 0 fully saturated rings. The third kappa shape index (κ3) is 3.20. The molecule has 0 aliphatic carbocycles. The molecule has 2 rings (SSSR count). The number of carbonyl (C=O) groups excluding carboxylic acids is 1. The monoisotopic (exact) mass is 291 g/mol. The van der Waals surface area contributed by atoms with Crippen LogP contribution in [-0.2, 0) is 6.61 Å². The Labute approximate surface area is 121 Å². The highest BCUT2D eigenvalue weighted by molar-refractivity contribution is 6.31. The molecule has 5 nitrogen and oxygen atoms in total. The van der Waals surface area contributed by atoms with Gasteiger partial charge in [-0.15, -0.1) is 0 Å². The lowest BCUT2D eigenvalue weighted by atomic mass is 10.1. The SMILES string of the molecule is NNC(=O)c1cc(N)ccc1OCc1ccccc1Cl. The normalized spacial score (nSPS) is 10.1. The van der Waals surface area contributed by atoms with E-state index in [9.17, 15) is 4.79 Å². The van der Waals surface area contributed by atoms with Crippen LogP contribution in [0.2, 0.25) is 5.02 Å². The first-order valence-corrected chi connectivity index (χ1v) is 6.26. The first-order chi connectivity index (χ1) is 9.61. The van der Waals surface area contributed by atoms with E-state index in [0.29, 0.717) is 16.5 Å². The van der Waals surface area contributed by atoms with Crippen LogP contribution in [0.3, 0.4) is 0 Å². The number of hydrogen-bond acceptors (Lipinski definition) is 4. The molecule has 2 aromatic carbocycles. The van der Waals surface area contributed by atoms with Crippen LogP contribution in [0.25, 0.3) is 0 Å². The summed E-state index contributed by atoms with van der Waals surface area (Å²) in [6.45, 7) is 0.244. The van der Waals surface area contributed by atoms with Crippen molar-refractivity contribution in [3.63, 3.8) is 0 Å². The predicted octanol–water partition coefficient (Wildman–Crippen LogP) is 2.10. The molecule has 6 heteroatoms. The van der Waals surface area contributed by atoms with E-state index in [0.717, 1.165) is 5.56 Å². The van der Waals surface area contributed by atoms with Crippen LogP contribution in [-0.4, -0.2) is 5.91 Å². The van der Waals surface area contributed by atoms with Gasteiger partial charge in [-0.2, -0.15) is 0 Å². The van der Waals surface area contributed by atoms with Crippen molar-refractivity contribution >= 4 is 23.2 Å². The van der Waals surface area contributed by atoms with Crippen LogP contribution in [0.4, 0.5) is 5.69 Å². The highest BCUT2D eigenvalue weighted by Gasteiger charge is 2.12. The Hall–Kier alpha value is -2.24. The van der Waals surface area contributed by atoms with Crippen molar-refractivity contribution in [3.05, 3.63) is 58.6 Å². The van der Waals surface area contributed by atoms with Crippen LogP contribution in [0.1, 0.15) is 15.9 Å². The summed E-state index contributed by atoms with van der Waals surface area (Å²) in [6.07, 6.45) is 0. The Bertz CT molecular complexity index is 632. The number of hydrazine groups is 1. The number of anilines is 1. The number of nitrogens with two attached hydrogens (primary N) is 2. The molecule has 0 aliphatic heterocycles. The molecule has 1 amide bonds. The molecule has 0 spiro atoms. The van der Waals surface area contributed by atoms with Crippen molar-refractivity contribution < 1.29 is 9.53 Å². The van der Waals surface area contributed by atoms with Crippen LogP contribution in [0.5, 0.6) is 5.75 Å². The second kappa shape index (κ2) is 6.27. The summed E-state index contributed by atoms with van der Waals surface area (Å²) < 4.78 is 5.63. The van der Waals surface area contributed by atoms with E-state index in [2.05, 4.69) is 5.43 Å². The van der Waals surface area contributed by atoms with Gasteiger partial charge in [0.1, 0.15) is 12.4 Å². The highest BCUT2D eigenvalue weighted by Crippen LogP contribution is 2.24. The second-order valence-electron chi connectivity index (χ2n) is 4.11. The van der Waals surface area contributed by atoms with E-state index in [4.69, 9.17) is 27.9 Å². The molecule has 0 aliphatic rings. The summed E-state index contributed by atoms with van der Waals surface area (Å²) in [6, 6.07) is 12.1. The van der Waals surface area contributed by atoms with Crippen molar-refractivity contribution in [2.45, 2.75) is 6.61 Å². The average Bonchev–Trinajstić information content (AvgIpc) is 2.46. The fraction of sp³-hybridized carbons (Fsp3) is 0.0714. The largest absolute Gasteiger partial charge is 0.488 e. The van der Waals surface area contributed by atoms with Gasteiger partial charge < -0.3 is 10.5 Å². The van der Waals surface area contributed by atoms with Gasteiger partial charge in [-0.25, -0.2) is 5.84 Å². The summed E-state index contributed by atoms with van der Waals surface area (Å²) in [5.74, 6) is 5.06. The summed E-state index contributed by atoms with van der Waals surface area (Å²) >= 11 is 6.05. The van der Waals surface area contributed by atoms with E-state index in [1.807, 2.05) is 18.2 Å². The minimum Gasteiger partial charge on any atom is -0.488 e. The maximum Gasteiger partial charge on any atom is 0.269 e. The third-order valence-electron chi connectivity index (χ3n) is 2.72. The van der Waals surface area contributed by atoms with Crippen LogP contribution < -0.4 is 21.7 Å². The van der Waals surface area contributed by atoms with E-state index < -0.39 is 5.91 Å². The van der Waals surface area contributed by atoms with Gasteiger partial charge in [-0.3, -0.25) is 10.2 Å². The number of hydrogen-bond donors (Lipinski definition) is 3. The first kappa shape index (κ1) is 14.2. The lowest BCUT2D eigenvalue weighted by Crippen LogP contribution is -2.30. The molecular formula is C14H14ClN3O2. The fourth-order valence-electron chi connectivity index (χ4n) is 1.70. The van der Waals surface area contributed by atoms with E-state index in [-0.39, 0.29) is 12.2 Å². The number of halogens is 1. The molecule has 0 atom stereocenters. The molecule has 2 aromatic rings. The molecular weight excluding hydrogens is 278 g/mol. The summed E-state index contributed by atoms with van der Waals surface area (Å²) in [7, 11) is 0. The minimum absolute atomic E-state index is 0.244. The van der Waals surface area contributed by atoms with Gasteiger partial charge >= 0.3 is 0 Å². The number of rotatable bonds is 4. The van der Waals surface area contributed by atoms with Crippen LogP contribution in [0.15, 0.2) is 42.5 Å². The Morgan fingerprint density at radius 1 is 1.25 bits per heavy atom. The van der Waals surface area contributed by atoms with Crippen molar-refractivity contribution in [1.82, 2.24) is 5.43 Å². The molecule has 0 saturated carbocycles. The zero-order valence-corrected chi connectivity index (χ0v) is 11.4. The molecule has 0 aromatic heterocycles. The van der Waals surface area contributed by atoms with Crippen LogP contribution >= 0.6 is 11.6 Å². The molecule has 0 bridgehead atoms. The fourth-order valence-corrected chi connectivity index (χ4v) is 1.89. The highest BCUT2D eigenvalue weighted by atomic mass is 35.5. The summed E-state index contributed by atoms with van der Waals surface area (Å²) in [4.78, 5) is 11.7. The van der Waals surface area contributed by atoms with Gasteiger partial charge in [0, 0.05) is 16.3 Å². The smallest absolute Gasteiger partial charge is 0.269 e. The molecule has 0 heterocycles. The Morgan fingerprint density at radius 3 is 2.70 bits per heavy atom. The van der Waals surface area contributed by atoms with Gasteiger partial charge in [0.15, 0.2) is 0 Å². The van der Waals surface area contributed by atoms with Gasteiger partial charge in [0.25, 0.3) is 5.91 Å². The number of nitrogens with one attached hydrogen (secondary N) is 1. The third-order valence-corrected chi connectivity index (χ3v) is 3.09.